The minimum atomic E-state index is -0.834. The minimum Gasteiger partial charge on any atom is -0.449 e. The zero-order valence-corrected chi connectivity index (χ0v) is 12.4. The maximum Gasteiger partial charge on any atom is 0.340 e. The second-order valence-electron chi connectivity index (χ2n) is 5.44. The van der Waals surface area contributed by atoms with E-state index in [4.69, 9.17) is 10.5 Å². The fraction of sp³-hybridized carbons (Fsp3) is 0.533. The van der Waals surface area contributed by atoms with Crippen molar-refractivity contribution in [2.75, 3.05) is 5.73 Å². The van der Waals surface area contributed by atoms with Gasteiger partial charge in [-0.1, -0.05) is 12.8 Å². The molecule has 1 aliphatic rings. The second-order valence-corrected chi connectivity index (χ2v) is 5.44. The van der Waals surface area contributed by atoms with Gasteiger partial charge in [-0.3, -0.25) is 9.78 Å². The summed E-state index contributed by atoms with van der Waals surface area (Å²) in [5, 5.41) is 2.90. The molecule has 1 aliphatic carbocycles. The molecule has 0 saturated heterocycles. The molecule has 1 unspecified atom stereocenters. The molecule has 1 amide bonds. The van der Waals surface area contributed by atoms with Gasteiger partial charge in [-0.05, 0) is 32.8 Å². The first-order valence-corrected chi connectivity index (χ1v) is 7.21. The molecule has 0 radical (unpaired) electrons. The number of aryl methyl sites for hydroxylation is 1. The molecule has 21 heavy (non-hydrogen) atoms. The largest absolute Gasteiger partial charge is 0.449 e. The Kier molecular flexibility index (Phi) is 4.77. The zero-order valence-electron chi connectivity index (χ0n) is 12.4. The number of hydrogen-bond acceptors (Lipinski definition) is 5. The van der Waals surface area contributed by atoms with Crippen molar-refractivity contribution in [3.63, 3.8) is 0 Å². The van der Waals surface area contributed by atoms with Crippen LogP contribution < -0.4 is 11.1 Å². The van der Waals surface area contributed by atoms with Gasteiger partial charge in [0.05, 0.1) is 23.1 Å². The first kappa shape index (κ1) is 15.3. The maximum atomic E-state index is 12.1. The number of nitrogens with one attached hydrogen (secondary N) is 1. The van der Waals surface area contributed by atoms with Gasteiger partial charge in [0.1, 0.15) is 0 Å². The van der Waals surface area contributed by atoms with Crippen LogP contribution in [0.15, 0.2) is 12.3 Å². The number of rotatable bonds is 4. The van der Waals surface area contributed by atoms with Gasteiger partial charge in [0.15, 0.2) is 6.10 Å². The van der Waals surface area contributed by atoms with Gasteiger partial charge in [0, 0.05) is 6.04 Å². The Morgan fingerprint density at radius 2 is 2.10 bits per heavy atom. The molecular weight excluding hydrogens is 270 g/mol. The average Bonchev–Trinajstić information content (AvgIpc) is 2.94. The van der Waals surface area contributed by atoms with Crippen LogP contribution in [-0.2, 0) is 9.53 Å². The van der Waals surface area contributed by atoms with E-state index in [9.17, 15) is 9.59 Å². The number of anilines is 1. The van der Waals surface area contributed by atoms with Gasteiger partial charge >= 0.3 is 5.97 Å². The molecule has 3 N–H and O–H groups in total. The van der Waals surface area contributed by atoms with Crippen LogP contribution in [-0.4, -0.2) is 29.0 Å². The fourth-order valence-electron chi connectivity index (χ4n) is 2.42. The molecule has 1 saturated carbocycles. The molecule has 0 bridgehead atoms. The maximum absolute atomic E-state index is 12.1. The highest BCUT2D eigenvalue weighted by Crippen LogP contribution is 2.18. The fourth-order valence-corrected chi connectivity index (χ4v) is 2.42. The molecular formula is C15H21N3O3. The standard InChI is InChI=1S/C15H21N3O3/c1-9-13(7-11(16)8-17-9)15(20)21-10(2)14(19)18-12-5-3-4-6-12/h7-8,10,12H,3-6,16H2,1-2H3,(H,18,19). The molecule has 1 aromatic heterocycles. The number of carbonyl (C=O) groups excluding carboxylic acids is 2. The number of nitrogens with zero attached hydrogens (tertiary/aromatic N) is 1. The quantitative estimate of drug-likeness (QED) is 0.821. The van der Waals surface area contributed by atoms with Crippen molar-refractivity contribution in [3.05, 3.63) is 23.5 Å². The van der Waals surface area contributed by atoms with Crippen molar-refractivity contribution in [2.45, 2.75) is 51.7 Å². The number of pyridine rings is 1. The summed E-state index contributed by atoms with van der Waals surface area (Å²) in [7, 11) is 0. The molecule has 1 atom stereocenters. The van der Waals surface area contributed by atoms with Crippen LogP contribution in [0.5, 0.6) is 0 Å². The predicted octanol–water partition coefficient (Wildman–Crippen LogP) is 1.58. The summed E-state index contributed by atoms with van der Waals surface area (Å²) in [6.45, 7) is 3.26. The lowest BCUT2D eigenvalue weighted by Crippen LogP contribution is -2.40. The van der Waals surface area contributed by atoms with Crippen LogP contribution in [0.25, 0.3) is 0 Å². The number of hydrogen-bond donors (Lipinski definition) is 2. The number of amides is 1. The molecule has 0 spiro atoms. The van der Waals surface area contributed by atoms with Gasteiger partial charge in [-0.15, -0.1) is 0 Å². The van der Waals surface area contributed by atoms with Crippen molar-refractivity contribution < 1.29 is 14.3 Å². The van der Waals surface area contributed by atoms with Crippen molar-refractivity contribution >= 4 is 17.6 Å². The molecule has 1 heterocycles. The summed E-state index contributed by atoms with van der Waals surface area (Å²) in [6.07, 6.45) is 4.89. The lowest BCUT2D eigenvalue weighted by atomic mass is 10.2. The number of aromatic nitrogens is 1. The van der Waals surface area contributed by atoms with Gasteiger partial charge in [-0.2, -0.15) is 0 Å². The van der Waals surface area contributed by atoms with Gasteiger partial charge in [0.2, 0.25) is 0 Å². The molecule has 0 aliphatic heterocycles. The van der Waals surface area contributed by atoms with Crippen molar-refractivity contribution in [1.82, 2.24) is 10.3 Å². The van der Waals surface area contributed by atoms with E-state index in [0.717, 1.165) is 25.7 Å². The third kappa shape index (κ3) is 3.93. The smallest absolute Gasteiger partial charge is 0.340 e. The molecule has 114 valence electrons. The number of nitrogens with two attached hydrogens (primary N) is 1. The lowest BCUT2D eigenvalue weighted by Gasteiger charge is -2.17. The monoisotopic (exact) mass is 291 g/mol. The summed E-state index contributed by atoms with van der Waals surface area (Å²) < 4.78 is 5.20. The van der Waals surface area contributed by atoms with E-state index < -0.39 is 12.1 Å². The van der Waals surface area contributed by atoms with Crippen LogP contribution in [0.4, 0.5) is 5.69 Å². The topological polar surface area (TPSA) is 94.3 Å². The lowest BCUT2D eigenvalue weighted by molar-refractivity contribution is -0.129. The SMILES string of the molecule is Cc1ncc(N)cc1C(=O)OC(C)C(=O)NC1CCCC1. The molecule has 0 aromatic carbocycles. The van der Waals surface area contributed by atoms with Crippen LogP contribution in [0, 0.1) is 6.92 Å². The number of ether oxygens (including phenoxy) is 1. The highest BCUT2D eigenvalue weighted by molar-refractivity contribution is 5.93. The molecule has 2 rings (SSSR count). The Labute approximate surface area is 124 Å². The average molecular weight is 291 g/mol. The number of carbonyl (C=O) groups is 2. The van der Waals surface area contributed by atoms with Crippen molar-refractivity contribution in [2.24, 2.45) is 0 Å². The van der Waals surface area contributed by atoms with Gasteiger partial charge in [-0.25, -0.2) is 4.79 Å². The van der Waals surface area contributed by atoms with E-state index in [1.54, 1.807) is 13.8 Å². The van der Waals surface area contributed by atoms with Crippen LogP contribution in [0.3, 0.4) is 0 Å². The summed E-state index contributed by atoms with van der Waals surface area (Å²) in [5.41, 5.74) is 6.81. The third-order valence-electron chi connectivity index (χ3n) is 3.68. The Balaban J connectivity index is 1.94. The summed E-state index contributed by atoms with van der Waals surface area (Å²) in [4.78, 5) is 28.1. The predicted molar refractivity (Wildman–Crippen MR) is 78.7 cm³/mol. The van der Waals surface area contributed by atoms with Crippen molar-refractivity contribution in [3.8, 4) is 0 Å². The van der Waals surface area contributed by atoms with E-state index in [1.807, 2.05) is 0 Å². The normalized spacial score (nSPS) is 16.5. The number of nitrogen functional groups attached to an aromatic ring is 1. The molecule has 6 nitrogen and oxygen atoms in total. The zero-order chi connectivity index (χ0) is 15.4. The molecule has 6 heteroatoms. The van der Waals surface area contributed by atoms with E-state index in [1.165, 1.54) is 12.3 Å². The van der Waals surface area contributed by atoms with Crippen LogP contribution >= 0.6 is 0 Å². The van der Waals surface area contributed by atoms with E-state index >= 15 is 0 Å². The Bertz CT molecular complexity index is 539. The van der Waals surface area contributed by atoms with Gasteiger partial charge in [0.25, 0.3) is 5.91 Å². The Hall–Kier alpha value is -2.11. The highest BCUT2D eigenvalue weighted by atomic mass is 16.5. The van der Waals surface area contributed by atoms with E-state index in [0.29, 0.717) is 11.4 Å². The minimum absolute atomic E-state index is 0.203. The first-order chi connectivity index (χ1) is 9.97. The van der Waals surface area contributed by atoms with E-state index in [-0.39, 0.29) is 17.5 Å². The second kappa shape index (κ2) is 6.56. The summed E-state index contributed by atoms with van der Waals surface area (Å²) >= 11 is 0. The molecule has 1 aromatic rings. The number of esters is 1. The summed E-state index contributed by atoms with van der Waals surface area (Å²) in [5.74, 6) is -0.842. The third-order valence-corrected chi connectivity index (χ3v) is 3.68. The van der Waals surface area contributed by atoms with Crippen LogP contribution in [0.2, 0.25) is 0 Å². The highest BCUT2D eigenvalue weighted by Gasteiger charge is 2.24. The Morgan fingerprint density at radius 1 is 1.43 bits per heavy atom. The van der Waals surface area contributed by atoms with Crippen LogP contribution in [0.1, 0.15) is 48.7 Å². The first-order valence-electron chi connectivity index (χ1n) is 7.21. The Morgan fingerprint density at radius 3 is 2.76 bits per heavy atom. The summed E-state index contributed by atoms with van der Waals surface area (Å²) in [6, 6.07) is 1.71. The molecule has 1 fully saturated rings. The van der Waals surface area contributed by atoms with Gasteiger partial charge < -0.3 is 15.8 Å². The van der Waals surface area contributed by atoms with E-state index in [2.05, 4.69) is 10.3 Å². The van der Waals surface area contributed by atoms with Crippen molar-refractivity contribution in [1.29, 1.82) is 0 Å².